The van der Waals surface area contributed by atoms with Crippen LogP contribution in [0.3, 0.4) is 0 Å². The zero-order valence-electron chi connectivity index (χ0n) is 12.4. The number of aryl methyl sites for hydroxylation is 1. The maximum atomic E-state index is 12.8. The number of hydrogen-bond donors (Lipinski definition) is 1. The third-order valence-corrected chi connectivity index (χ3v) is 5.45. The third-order valence-electron chi connectivity index (χ3n) is 3.25. The molecule has 0 unspecified atom stereocenters. The molecule has 1 aromatic rings. The van der Waals surface area contributed by atoms with Crippen LogP contribution in [0.2, 0.25) is 0 Å². The minimum Gasteiger partial charge on any atom is -0.399 e. The summed E-state index contributed by atoms with van der Waals surface area (Å²) in [5, 5.41) is 0. The maximum Gasteiger partial charge on any atom is 0.243 e. The summed E-state index contributed by atoms with van der Waals surface area (Å²) in [5.74, 6) is 0. The van der Waals surface area contributed by atoms with Gasteiger partial charge in [-0.05, 0) is 57.4 Å². The van der Waals surface area contributed by atoms with Gasteiger partial charge in [-0.15, -0.1) is 0 Å². The topological polar surface area (TPSA) is 63.4 Å². The number of anilines is 1. The van der Waals surface area contributed by atoms with Crippen LogP contribution in [0.5, 0.6) is 0 Å². The van der Waals surface area contributed by atoms with Crippen LogP contribution in [-0.4, -0.2) is 25.3 Å². The van der Waals surface area contributed by atoms with Gasteiger partial charge in [-0.2, -0.15) is 4.31 Å². The van der Waals surface area contributed by atoms with E-state index in [-0.39, 0.29) is 6.04 Å². The van der Waals surface area contributed by atoms with Gasteiger partial charge in [0.25, 0.3) is 0 Å². The van der Waals surface area contributed by atoms with E-state index >= 15 is 0 Å². The van der Waals surface area contributed by atoms with Crippen LogP contribution in [0.25, 0.3) is 0 Å². The standard InChI is InChI=1S/C14H24N2O2S/c1-6-7-16(10(2)3)19(17,18)14-9-13(15)8-11(4)12(14)5/h8-10H,6-7,15H2,1-5H3. The van der Waals surface area contributed by atoms with Gasteiger partial charge in [-0.25, -0.2) is 8.42 Å². The second-order valence-electron chi connectivity index (χ2n) is 5.17. The summed E-state index contributed by atoms with van der Waals surface area (Å²) in [6.45, 7) is 9.98. The minimum absolute atomic E-state index is 0.0638. The van der Waals surface area contributed by atoms with Crippen molar-refractivity contribution < 1.29 is 8.42 Å². The predicted molar refractivity (Wildman–Crippen MR) is 79.6 cm³/mol. The molecule has 0 heterocycles. The van der Waals surface area contributed by atoms with Gasteiger partial charge in [0.15, 0.2) is 0 Å². The smallest absolute Gasteiger partial charge is 0.243 e. The molecule has 0 aliphatic rings. The molecule has 0 bridgehead atoms. The monoisotopic (exact) mass is 284 g/mol. The first kappa shape index (κ1) is 16.0. The molecule has 4 nitrogen and oxygen atoms in total. The van der Waals surface area contributed by atoms with Gasteiger partial charge in [0.1, 0.15) is 0 Å². The summed E-state index contributed by atoms with van der Waals surface area (Å²) >= 11 is 0. The van der Waals surface area contributed by atoms with Crippen molar-refractivity contribution in [3.8, 4) is 0 Å². The van der Waals surface area contributed by atoms with Crippen molar-refractivity contribution >= 4 is 15.7 Å². The molecule has 19 heavy (non-hydrogen) atoms. The normalized spacial score (nSPS) is 12.4. The first-order valence-corrected chi connectivity index (χ1v) is 8.04. The number of sulfonamides is 1. The molecular weight excluding hydrogens is 260 g/mol. The Labute approximate surface area is 116 Å². The largest absolute Gasteiger partial charge is 0.399 e. The lowest BCUT2D eigenvalue weighted by atomic mass is 10.1. The molecule has 2 N–H and O–H groups in total. The first-order chi connectivity index (χ1) is 8.71. The van der Waals surface area contributed by atoms with Crippen molar-refractivity contribution in [3.05, 3.63) is 23.3 Å². The number of nitrogens with zero attached hydrogens (tertiary/aromatic N) is 1. The Kier molecular flexibility index (Phi) is 4.98. The summed E-state index contributed by atoms with van der Waals surface area (Å²) < 4.78 is 27.1. The Hall–Kier alpha value is -1.07. The molecule has 1 aromatic carbocycles. The molecule has 0 aliphatic heterocycles. The molecule has 0 fully saturated rings. The molecule has 0 aliphatic carbocycles. The molecule has 5 heteroatoms. The van der Waals surface area contributed by atoms with Crippen molar-refractivity contribution in [2.45, 2.75) is 52.0 Å². The second-order valence-corrected chi connectivity index (χ2v) is 7.03. The summed E-state index contributed by atoms with van der Waals surface area (Å²) in [5.41, 5.74) is 7.96. The Morgan fingerprint density at radius 3 is 2.32 bits per heavy atom. The van der Waals surface area contributed by atoms with Crippen molar-refractivity contribution in [1.82, 2.24) is 4.31 Å². The van der Waals surface area contributed by atoms with Crippen molar-refractivity contribution in [1.29, 1.82) is 0 Å². The summed E-state index contributed by atoms with van der Waals surface area (Å²) in [6.07, 6.45) is 0.789. The van der Waals surface area contributed by atoms with Gasteiger partial charge in [0, 0.05) is 18.3 Å². The summed E-state index contributed by atoms with van der Waals surface area (Å²) in [4.78, 5) is 0.326. The zero-order chi connectivity index (χ0) is 14.8. The highest BCUT2D eigenvalue weighted by Gasteiger charge is 2.28. The van der Waals surface area contributed by atoms with E-state index in [1.54, 1.807) is 12.1 Å². The van der Waals surface area contributed by atoms with E-state index in [1.807, 2.05) is 34.6 Å². The zero-order valence-corrected chi connectivity index (χ0v) is 13.2. The van der Waals surface area contributed by atoms with Gasteiger partial charge < -0.3 is 5.73 Å². The van der Waals surface area contributed by atoms with Gasteiger partial charge in [-0.1, -0.05) is 6.92 Å². The Morgan fingerprint density at radius 1 is 1.26 bits per heavy atom. The fourth-order valence-electron chi connectivity index (χ4n) is 2.12. The van der Waals surface area contributed by atoms with Crippen LogP contribution < -0.4 is 5.73 Å². The fourth-order valence-corrected chi connectivity index (χ4v) is 4.19. The van der Waals surface area contributed by atoms with E-state index in [0.717, 1.165) is 17.5 Å². The molecule has 1 rings (SSSR count). The van der Waals surface area contributed by atoms with Crippen LogP contribution in [-0.2, 0) is 10.0 Å². The molecule has 0 spiro atoms. The van der Waals surface area contributed by atoms with E-state index in [2.05, 4.69) is 0 Å². The average Bonchev–Trinajstić information content (AvgIpc) is 2.29. The summed E-state index contributed by atoms with van der Waals surface area (Å²) in [6, 6.07) is 3.29. The number of benzene rings is 1. The number of hydrogen-bond acceptors (Lipinski definition) is 3. The summed E-state index contributed by atoms with van der Waals surface area (Å²) in [7, 11) is -3.48. The maximum absolute atomic E-state index is 12.8. The number of nitrogen functional groups attached to an aromatic ring is 1. The SMILES string of the molecule is CCCN(C(C)C)S(=O)(=O)c1cc(N)cc(C)c1C. The Morgan fingerprint density at radius 2 is 1.84 bits per heavy atom. The van der Waals surface area contributed by atoms with Crippen molar-refractivity contribution in [2.75, 3.05) is 12.3 Å². The molecule has 0 saturated heterocycles. The molecule has 0 aromatic heterocycles. The number of rotatable bonds is 5. The van der Waals surface area contributed by atoms with Crippen LogP contribution in [0, 0.1) is 13.8 Å². The Bertz CT molecular complexity index is 551. The highest BCUT2D eigenvalue weighted by Crippen LogP contribution is 2.26. The number of nitrogens with two attached hydrogens (primary N) is 1. The molecule has 0 atom stereocenters. The molecule has 0 amide bonds. The molecular formula is C14H24N2O2S. The van der Waals surface area contributed by atoms with E-state index < -0.39 is 10.0 Å². The van der Waals surface area contributed by atoms with Gasteiger partial charge in [0.05, 0.1) is 4.90 Å². The van der Waals surface area contributed by atoms with Gasteiger partial charge in [0.2, 0.25) is 10.0 Å². The van der Waals surface area contributed by atoms with E-state index in [0.29, 0.717) is 17.1 Å². The lowest BCUT2D eigenvalue weighted by Crippen LogP contribution is -2.37. The van der Waals surface area contributed by atoms with Crippen LogP contribution in [0.1, 0.15) is 38.3 Å². The van der Waals surface area contributed by atoms with E-state index in [4.69, 9.17) is 5.73 Å². The quantitative estimate of drug-likeness (QED) is 0.846. The predicted octanol–water partition coefficient (Wildman–Crippen LogP) is 2.69. The third kappa shape index (κ3) is 3.28. The molecule has 108 valence electrons. The molecule has 0 saturated carbocycles. The van der Waals surface area contributed by atoms with Crippen LogP contribution >= 0.6 is 0 Å². The molecule has 0 radical (unpaired) electrons. The van der Waals surface area contributed by atoms with Gasteiger partial charge in [-0.3, -0.25) is 0 Å². The van der Waals surface area contributed by atoms with E-state index in [1.165, 1.54) is 4.31 Å². The fraction of sp³-hybridized carbons (Fsp3) is 0.571. The second kappa shape index (κ2) is 5.92. The van der Waals surface area contributed by atoms with Crippen LogP contribution in [0.4, 0.5) is 5.69 Å². The average molecular weight is 284 g/mol. The van der Waals surface area contributed by atoms with Crippen molar-refractivity contribution in [3.63, 3.8) is 0 Å². The highest BCUT2D eigenvalue weighted by molar-refractivity contribution is 7.89. The van der Waals surface area contributed by atoms with Crippen LogP contribution in [0.15, 0.2) is 17.0 Å². The van der Waals surface area contributed by atoms with Gasteiger partial charge >= 0.3 is 0 Å². The highest BCUT2D eigenvalue weighted by atomic mass is 32.2. The lowest BCUT2D eigenvalue weighted by Gasteiger charge is -2.26. The Balaban J connectivity index is 3.41. The van der Waals surface area contributed by atoms with E-state index in [9.17, 15) is 8.42 Å². The lowest BCUT2D eigenvalue weighted by molar-refractivity contribution is 0.354. The first-order valence-electron chi connectivity index (χ1n) is 6.60. The van der Waals surface area contributed by atoms with Crippen molar-refractivity contribution in [2.24, 2.45) is 0 Å². The minimum atomic E-state index is -3.48.